The molecule has 0 fully saturated rings. The maximum atomic E-state index is 6.00. The van der Waals surface area contributed by atoms with Crippen LogP contribution in [0.15, 0.2) is 4.09 Å². The Morgan fingerprint density at radius 1 is 0.824 bits per heavy atom. The summed E-state index contributed by atoms with van der Waals surface area (Å²) in [6.07, 6.45) is 8.26. The smallest absolute Gasteiger partial charge is 0 e. The molecule has 0 saturated heterocycles. The fraction of sp³-hybridized carbons (Fsp3) is 0.857. The molecule has 0 aromatic heterocycles. The molecule has 0 nitrogen and oxygen atoms in total. The van der Waals surface area contributed by atoms with Gasteiger partial charge in [-0.15, -0.1) is 12.4 Å². The van der Waals surface area contributed by atoms with E-state index in [9.17, 15) is 0 Å². The van der Waals surface area contributed by atoms with Crippen LogP contribution in [0, 0.1) is 6.58 Å². The largest absolute Gasteiger partial charge is 0 e. The Bertz CT molecular complexity index is 141. The molecule has 0 aromatic rings. The summed E-state index contributed by atoms with van der Waals surface area (Å²) < 4.78 is 6.72. The zero-order valence-corrected chi connectivity index (χ0v) is 18.8. The zero-order valence-electron chi connectivity index (χ0n) is 12.1. The number of halogens is 1. The topological polar surface area (TPSA) is 0 Å². The first-order chi connectivity index (χ1) is 7.24. The minimum Gasteiger partial charge on any atom is 0 e. The van der Waals surface area contributed by atoms with Gasteiger partial charge in [-0.1, -0.05) is 0 Å². The molecular formula is C14H30ClSnZn-. The third kappa shape index (κ3) is 11.0. The van der Waals surface area contributed by atoms with Crippen LogP contribution in [0.3, 0.4) is 0 Å². The molecule has 0 radical (unpaired) electrons. The van der Waals surface area contributed by atoms with Crippen molar-refractivity contribution < 1.29 is 19.5 Å². The average molecular weight is 418 g/mol. The summed E-state index contributed by atoms with van der Waals surface area (Å²) in [6, 6.07) is 0. The third-order valence-electron chi connectivity index (χ3n) is 3.44. The molecule has 0 aliphatic heterocycles. The van der Waals surface area contributed by atoms with E-state index in [0.717, 1.165) is 0 Å². The van der Waals surface area contributed by atoms with Gasteiger partial charge in [-0.3, -0.25) is 0 Å². The van der Waals surface area contributed by atoms with E-state index >= 15 is 0 Å². The Labute approximate surface area is 132 Å². The van der Waals surface area contributed by atoms with Crippen LogP contribution >= 0.6 is 12.4 Å². The molecule has 0 rings (SSSR count). The van der Waals surface area contributed by atoms with Crippen molar-refractivity contribution in [1.82, 2.24) is 0 Å². The molecule has 0 atom stereocenters. The van der Waals surface area contributed by atoms with Gasteiger partial charge in [0.2, 0.25) is 0 Å². The number of rotatable bonds is 10. The van der Waals surface area contributed by atoms with E-state index in [0.29, 0.717) is 0 Å². The van der Waals surface area contributed by atoms with Crippen molar-refractivity contribution in [2.45, 2.75) is 72.6 Å². The first-order valence-corrected chi connectivity index (χ1v) is 14.5. The van der Waals surface area contributed by atoms with E-state index in [-0.39, 0.29) is 31.9 Å². The van der Waals surface area contributed by atoms with Crippen LogP contribution in [0.25, 0.3) is 0 Å². The van der Waals surface area contributed by atoms with E-state index in [2.05, 4.69) is 24.9 Å². The fourth-order valence-corrected chi connectivity index (χ4v) is 14.8. The minimum atomic E-state index is -1.96. The molecular weight excluding hydrogens is 388 g/mol. The van der Waals surface area contributed by atoms with Gasteiger partial charge >= 0.3 is 102 Å². The van der Waals surface area contributed by atoms with Gasteiger partial charge in [-0.05, 0) is 0 Å². The first kappa shape index (κ1) is 23.5. The van der Waals surface area contributed by atoms with E-state index < -0.39 is 18.4 Å². The van der Waals surface area contributed by atoms with E-state index in [4.69, 9.17) is 6.58 Å². The second-order valence-electron chi connectivity index (χ2n) is 4.84. The van der Waals surface area contributed by atoms with E-state index in [1.165, 1.54) is 51.8 Å². The molecule has 17 heavy (non-hydrogen) atoms. The summed E-state index contributed by atoms with van der Waals surface area (Å²) in [5.41, 5.74) is 0. The summed E-state index contributed by atoms with van der Waals surface area (Å²) in [5.74, 6) is 0. The molecule has 100 valence electrons. The molecule has 0 aliphatic carbocycles. The maximum absolute atomic E-state index is 6.00. The minimum absolute atomic E-state index is 0. The quantitative estimate of drug-likeness (QED) is 0.312. The van der Waals surface area contributed by atoms with Gasteiger partial charge in [0.05, 0.1) is 0 Å². The zero-order chi connectivity index (χ0) is 11.6. The standard InChI is InChI=1S/3C4H9.C2H2.ClH.Sn.Zn/c3*1-3-4-2;1-2;;;/h3*1,3-4H2,2H3;1-2H;1H;;/q;;;-1;;;. The van der Waals surface area contributed by atoms with Gasteiger partial charge in [0.1, 0.15) is 0 Å². The molecule has 0 aromatic carbocycles. The van der Waals surface area contributed by atoms with Crippen molar-refractivity contribution >= 4 is 30.8 Å². The summed E-state index contributed by atoms with van der Waals surface area (Å²) >= 11 is -1.96. The molecule has 3 heteroatoms. The molecule has 0 aliphatic rings. The first-order valence-electron chi connectivity index (χ1n) is 6.80. The van der Waals surface area contributed by atoms with Gasteiger partial charge in [-0.25, -0.2) is 0 Å². The Morgan fingerprint density at radius 2 is 1.12 bits per heavy atom. The van der Waals surface area contributed by atoms with Gasteiger partial charge in [0.25, 0.3) is 0 Å². The predicted molar refractivity (Wildman–Crippen MR) is 81.0 cm³/mol. The number of hydrogen-bond acceptors (Lipinski definition) is 0. The average Bonchev–Trinajstić information content (AvgIpc) is 2.29. The summed E-state index contributed by atoms with van der Waals surface area (Å²) in [4.78, 5) is 0. The van der Waals surface area contributed by atoms with Crippen molar-refractivity contribution in [2.24, 2.45) is 0 Å². The van der Waals surface area contributed by atoms with Crippen molar-refractivity contribution in [3.8, 4) is 0 Å². The van der Waals surface area contributed by atoms with Crippen LogP contribution in [-0.4, -0.2) is 18.4 Å². The van der Waals surface area contributed by atoms with Gasteiger partial charge in [0.15, 0.2) is 0 Å². The SMILES string of the molecule is Cl.[CH-]=[CH][Sn]([CH2]CCC)([CH2]CCC)[CH2]CCC.[Zn]. The second-order valence-corrected chi connectivity index (χ2v) is 17.8. The molecule has 0 amide bonds. The Hall–Kier alpha value is 1.45. The molecule has 0 saturated carbocycles. The predicted octanol–water partition coefficient (Wildman–Crippen LogP) is 5.78. The molecule has 0 heterocycles. The third-order valence-corrected chi connectivity index (χ3v) is 17.0. The van der Waals surface area contributed by atoms with Crippen LogP contribution in [0.5, 0.6) is 0 Å². The van der Waals surface area contributed by atoms with Crippen molar-refractivity contribution in [2.75, 3.05) is 0 Å². The number of hydrogen-bond donors (Lipinski definition) is 0. The Morgan fingerprint density at radius 3 is 1.29 bits per heavy atom. The second kappa shape index (κ2) is 15.5. The monoisotopic (exact) mass is 417 g/mol. The van der Waals surface area contributed by atoms with Crippen LogP contribution < -0.4 is 0 Å². The Balaban J connectivity index is -0.000000980. The summed E-state index contributed by atoms with van der Waals surface area (Å²) in [5, 5.41) is 0. The van der Waals surface area contributed by atoms with Crippen molar-refractivity contribution in [3.05, 3.63) is 10.7 Å². The van der Waals surface area contributed by atoms with Crippen molar-refractivity contribution in [3.63, 3.8) is 0 Å². The summed E-state index contributed by atoms with van der Waals surface area (Å²) in [7, 11) is 0. The van der Waals surface area contributed by atoms with Crippen LogP contribution in [-0.2, 0) is 19.5 Å². The van der Waals surface area contributed by atoms with Crippen molar-refractivity contribution in [1.29, 1.82) is 0 Å². The number of unbranched alkanes of at least 4 members (excludes halogenated alkanes) is 3. The van der Waals surface area contributed by atoms with Crippen LogP contribution in [0.2, 0.25) is 13.3 Å². The van der Waals surface area contributed by atoms with Crippen LogP contribution in [0.4, 0.5) is 0 Å². The Kier molecular flexibility index (Phi) is 21.5. The van der Waals surface area contributed by atoms with E-state index in [1.54, 1.807) is 0 Å². The fourth-order valence-electron chi connectivity index (χ4n) is 2.21. The normalized spacial score (nSPS) is 10.3. The van der Waals surface area contributed by atoms with Gasteiger partial charge < -0.3 is 0 Å². The summed E-state index contributed by atoms with van der Waals surface area (Å²) in [6.45, 7) is 12.9. The van der Waals surface area contributed by atoms with Gasteiger partial charge in [0, 0.05) is 19.5 Å². The molecule has 0 N–H and O–H groups in total. The van der Waals surface area contributed by atoms with E-state index in [1.807, 2.05) is 0 Å². The van der Waals surface area contributed by atoms with Crippen LogP contribution in [0.1, 0.15) is 59.3 Å². The molecule has 0 spiro atoms. The molecule has 0 bridgehead atoms. The van der Waals surface area contributed by atoms with Gasteiger partial charge in [-0.2, -0.15) is 0 Å². The molecule has 0 unspecified atom stereocenters. The maximum Gasteiger partial charge on any atom is 0 e.